The minimum absolute atomic E-state index is 0.00326. The number of methoxy groups -OCH3 is 1. The quantitative estimate of drug-likeness (QED) is 0.892. The Morgan fingerprint density at radius 3 is 2.95 bits per heavy atom. The zero-order valence-electron chi connectivity index (χ0n) is 11.9. The summed E-state index contributed by atoms with van der Waals surface area (Å²) in [5.74, 6) is -0.756. The molecule has 0 saturated carbocycles. The molecule has 2 heterocycles. The van der Waals surface area contributed by atoms with Gasteiger partial charge in [-0.3, -0.25) is 0 Å². The van der Waals surface area contributed by atoms with E-state index in [4.69, 9.17) is 10.5 Å². The second-order valence-electron chi connectivity index (χ2n) is 5.14. The molecule has 1 aromatic carbocycles. The largest absolute Gasteiger partial charge is 0.496 e. The van der Waals surface area contributed by atoms with E-state index in [-0.39, 0.29) is 11.9 Å². The number of carbonyl (C=O) groups is 1. The average molecular weight is 306 g/mol. The minimum Gasteiger partial charge on any atom is -0.496 e. The minimum atomic E-state index is -0.990. The lowest BCUT2D eigenvalue weighted by Crippen LogP contribution is -2.29. The molecular formula is C14H15FN4O3. The summed E-state index contributed by atoms with van der Waals surface area (Å²) in [5.41, 5.74) is 6.23. The third-order valence-electron chi connectivity index (χ3n) is 3.86. The van der Waals surface area contributed by atoms with Gasteiger partial charge >= 0.3 is 5.97 Å². The van der Waals surface area contributed by atoms with Gasteiger partial charge < -0.3 is 15.6 Å². The van der Waals surface area contributed by atoms with Crippen molar-refractivity contribution in [2.75, 3.05) is 12.8 Å². The monoisotopic (exact) mass is 306 g/mol. The van der Waals surface area contributed by atoms with E-state index in [0.29, 0.717) is 30.0 Å². The van der Waals surface area contributed by atoms with Gasteiger partial charge in [0, 0.05) is 11.5 Å². The second kappa shape index (κ2) is 5.28. The molecule has 3 rings (SSSR count). The summed E-state index contributed by atoms with van der Waals surface area (Å²) in [7, 11) is 1.50. The van der Waals surface area contributed by atoms with Crippen LogP contribution in [-0.2, 0) is 4.79 Å². The summed E-state index contributed by atoms with van der Waals surface area (Å²) in [5, 5.41) is 13.3. The van der Waals surface area contributed by atoms with E-state index in [9.17, 15) is 14.3 Å². The topological polar surface area (TPSA) is 103 Å². The van der Waals surface area contributed by atoms with Crippen LogP contribution in [0.2, 0.25) is 0 Å². The fourth-order valence-corrected chi connectivity index (χ4v) is 2.90. The van der Waals surface area contributed by atoms with Crippen molar-refractivity contribution in [3.8, 4) is 5.75 Å². The standard InChI is InChI=1S/C14H15FN4O3/c1-22-11-5-2-7(15)6-9(11)8-3-4-10(13(20)21)19-12(8)17-14(16)18-19/h2,5-6,8,10H,3-4H2,1H3,(H2,16,18)(H,20,21). The van der Waals surface area contributed by atoms with Gasteiger partial charge in [0.2, 0.25) is 5.95 Å². The lowest BCUT2D eigenvalue weighted by molar-refractivity contribution is -0.141. The number of carboxylic acids is 1. The predicted octanol–water partition coefficient (Wildman–Crippen LogP) is 1.56. The van der Waals surface area contributed by atoms with Crippen molar-refractivity contribution in [3.63, 3.8) is 0 Å². The Bertz CT molecular complexity index is 731. The Balaban J connectivity index is 2.11. The zero-order chi connectivity index (χ0) is 15.9. The molecule has 0 fully saturated rings. The van der Waals surface area contributed by atoms with Crippen LogP contribution in [0.5, 0.6) is 5.75 Å². The van der Waals surface area contributed by atoms with Gasteiger partial charge in [0.25, 0.3) is 0 Å². The van der Waals surface area contributed by atoms with E-state index in [2.05, 4.69) is 10.1 Å². The van der Waals surface area contributed by atoms with E-state index in [1.807, 2.05) is 0 Å². The van der Waals surface area contributed by atoms with Crippen LogP contribution in [0.3, 0.4) is 0 Å². The SMILES string of the molecule is COc1ccc(F)cc1C1CCC(C(=O)O)n2nc(N)nc21. The summed E-state index contributed by atoms with van der Waals surface area (Å²) in [6.45, 7) is 0. The Hall–Kier alpha value is -2.64. The number of nitrogens with two attached hydrogens (primary N) is 1. The highest BCUT2D eigenvalue weighted by atomic mass is 19.1. The summed E-state index contributed by atoms with van der Waals surface area (Å²) >= 11 is 0. The van der Waals surface area contributed by atoms with Crippen LogP contribution in [0.4, 0.5) is 10.3 Å². The number of rotatable bonds is 3. The van der Waals surface area contributed by atoms with Gasteiger partial charge in [-0.2, -0.15) is 4.98 Å². The third kappa shape index (κ3) is 2.26. The molecule has 2 atom stereocenters. The molecule has 0 saturated heterocycles. The number of benzene rings is 1. The molecule has 8 heteroatoms. The Morgan fingerprint density at radius 2 is 2.27 bits per heavy atom. The van der Waals surface area contributed by atoms with E-state index in [1.54, 1.807) is 0 Å². The van der Waals surface area contributed by atoms with Crippen LogP contribution in [0.25, 0.3) is 0 Å². The number of nitrogens with zero attached hydrogens (tertiary/aromatic N) is 3. The van der Waals surface area contributed by atoms with Crippen LogP contribution in [0.15, 0.2) is 18.2 Å². The van der Waals surface area contributed by atoms with Gasteiger partial charge in [-0.25, -0.2) is 13.9 Å². The van der Waals surface area contributed by atoms with Crippen LogP contribution >= 0.6 is 0 Å². The number of hydrogen-bond donors (Lipinski definition) is 2. The molecule has 1 aliphatic rings. The number of aromatic nitrogens is 3. The maximum Gasteiger partial charge on any atom is 0.328 e. The number of anilines is 1. The fraction of sp³-hybridized carbons (Fsp3) is 0.357. The first kappa shape index (κ1) is 14.3. The number of hydrogen-bond acceptors (Lipinski definition) is 5. The van der Waals surface area contributed by atoms with Crippen molar-refractivity contribution in [2.24, 2.45) is 0 Å². The Morgan fingerprint density at radius 1 is 1.50 bits per heavy atom. The molecular weight excluding hydrogens is 291 g/mol. The van der Waals surface area contributed by atoms with Crippen LogP contribution < -0.4 is 10.5 Å². The first-order valence-electron chi connectivity index (χ1n) is 6.79. The van der Waals surface area contributed by atoms with Crippen LogP contribution in [0, 0.1) is 5.82 Å². The molecule has 0 spiro atoms. The summed E-state index contributed by atoms with van der Waals surface area (Å²) in [6, 6.07) is 3.41. The molecule has 0 amide bonds. The van der Waals surface area contributed by atoms with Crippen molar-refractivity contribution in [2.45, 2.75) is 24.8 Å². The lowest BCUT2D eigenvalue weighted by Gasteiger charge is -2.27. The number of aliphatic carboxylic acids is 1. The van der Waals surface area contributed by atoms with E-state index in [0.717, 1.165) is 0 Å². The highest BCUT2D eigenvalue weighted by molar-refractivity contribution is 5.72. The van der Waals surface area contributed by atoms with E-state index < -0.39 is 17.8 Å². The number of ether oxygens (including phenoxy) is 1. The van der Waals surface area contributed by atoms with Gasteiger partial charge in [0.15, 0.2) is 6.04 Å². The molecule has 0 radical (unpaired) electrons. The van der Waals surface area contributed by atoms with Gasteiger partial charge in [0.05, 0.1) is 7.11 Å². The second-order valence-corrected chi connectivity index (χ2v) is 5.14. The Kier molecular flexibility index (Phi) is 3.44. The number of fused-ring (bicyclic) bond motifs is 1. The van der Waals surface area contributed by atoms with E-state index >= 15 is 0 Å². The number of halogens is 1. The molecule has 116 valence electrons. The highest BCUT2D eigenvalue weighted by Crippen LogP contribution is 2.40. The highest BCUT2D eigenvalue weighted by Gasteiger charge is 2.36. The molecule has 7 nitrogen and oxygen atoms in total. The van der Waals surface area contributed by atoms with Crippen molar-refractivity contribution in [1.29, 1.82) is 0 Å². The molecule has 2 unspecified atom stereocenters. The first-order valence-corrected chi connectivity index (χ1v) is 6.79. The summed E-state index contributed by atoms with van der Waals surface area (Å²) in [4.78, 5) is 15.5. The van der Waals surface area contributed by atoms with Crippen molar-refractivity contribution >= 4 is 11.9 Å². The molecule has 2 aromatic rings. The maximum atomic E-state index is 13.6. The molecule has 0 aliphatic carbocycles. The molecule has 3 N–H and O–H groups in total. The molecule has 1 aromatic heterocycles. The van der Waals surface area contributed by atoms with Crippen LogP contribution in [-0.4, -0.2) is 33.0 Å². The summed E-state index contributed by atoms with van der Waals surface area (Å²) in [6.07, 6.45) is 0.852. The number of nitrogen functional groups attached to an aromatic ring is 1. The normalized spacial score (nSPS) is 20.5. The fourth-order valence-electron chi connectivity index (χ4n) is 2.90. The lowest BCUT2D eigenvalue weighted by atomic mass is 9.88. The van der Waals surface area contributed by atoms with Gasteiger partial charge in [-0.15, -0.1) is 5.10 Å². The van der Waals surface area contributed by atoms with Crippen molar-refractivity contribution in [3.05, 3.63) is 35.4 Å². The van der Waals surface area contributed by atoms with Crippen LogP contribution in [0.1, 0.15) is 36.2 Å². The third-order valence-corrected chi connectivity index (χ3v) is 3.86. The molecule has 22 heavy (non-hydrogen) atoms. The predicted molar refractivity (Wildman–Crippen MR) is 75.1 cm³/mol. The first-order chi connectivity index (χ1) is 10.5. The molecule has 1 aliphatic heterocycles. The van der Waals surface area contributed by atoms with Crippen molar-refractivity contribution in [1.82, 2.24) is 14.8 Å². The number of carboxylic acid groups (broad SMARTS) is 1. The molecule has 0 bridgehead atoms. The van der Waals surface area contributed by atoms with Gasteiger partial charge in [-0.1, -0.05) is 0 Å². The average Bonchev–Trinajstić information content (AvgIpc) is 2.87. The van der Waals surface area contributed by atoms with Gasteiger partial charge in [0.1, 0.15) is 17.4 Å². The Labute approximate surface area is 125 Å². The van der Waals surface area contributed by atoms with E-state index in [1.165, 1.54) is 30.0 Å². The summed E-state index contributed by atoms with van der Waals surface area (Å²) < 4.78 is 20.2. The smallest absolute Gasteiger partial charge is 0.328 e. The van der Waals surface area contributed by atoms with Crippen molar-refractivity contribution < 1.29 is 19.0 Å². The zero-order valence-corrected chi connectivity index (χ0v) is 11.9. The maximum absolute atomic E-state index is 13.6. The van der Waals surface area contributed by atoms with Gasteiger partial charge in [-0.05, 0) is 31.0 Å².